The van der Waals surface area contributed by atoms with E-state index in [1.165, 1.54) is 6.42 Å². The van der Waals surface area contributed by atoms with Gasteiger partial charge in [-0.3, -0.25) is 8.63 Å². The zero-order valence-electron chi connectivity index (χ0n) is 6.60. The molecular formula is C7H14BF2N. The predicted octanol–water partition coefficient (Wildman–Crippen LogP) is 1.86. The summed E-state index contributed by atoms with van der Waals surface area (Å²) in [4.78, 5) is 0. The van der Waals surface area contributed by atoms with E-state index in [0.29, 0.717) is 0 Å². The Kier molecular flexibility index (Phi) is 3.30. The van der Waals surface area contributed by atoms with E-state index in [-0.39, 0.29) is 5.92 Å². The van der Waals surface area contributed by atoms with Gasteiger partial charge in [-0.2, -0.15) is 0 Å². The molecule has 1 aliphatic rings. The molecule has 11 heavy (non-hydrogen) atoms. The van der Waals surface area contributed by atoms with Gasteiger partial charge in [0, 0.05) is 0 Å². The number of hydrogen-bond acceptors (Lipinski definition) is 1. The SMILES string of the molecule is NC(B(F)F)C1CCCCC1. The molecule has 1 atom stereocenters. The van der Waals surface area contributed by atoms with Crippen molar-refractivity contribution in [3.05, 3.63) is 0 Å². The molecule has 0 aromatic rings. The highest BCUT2D eigenvalue weighted by Crippen LogP contribution is 2.26. The van der Waals surface area contributed by atoms with Gasteiger partial charge < -0.3 is 5.73 Å². The minimum Gasteiger partial charge on any atom is -0.329 e. The first-order valence-corrected chi connectivity index (χ1v) is 4.25. The Balaban J connectivity index is 2.32. The van der Waals surface area contributed by atoms with Crippen LogP contribution in [0.4, 0.5) is 8.63 Å². The van der Waals surface area contributed by atoms with E-state index in [0.717, 1.165) is 25.7 Å². The number of rotatable bonds is 2. The smallest absolute Gasteiger partial charge is 0.329 e. The van der Waals surface area contributed by atoms with E-state index in [9.17, 15) is 8.63 Å². The van der Waals surface area contributed by atoms with E-state index in [1.807, 2.05) is 0 Å². The Morgan fingerprint density at radius 2 is 1.73 bits per heavy atom. The largest absolute Gasteiger partial charge is 0.554 e. The molecule has 1 fully saturated rings. The van der Waals surface area contributed by atoms with Gasteiger partial charge in [-0.15, -0.1) is 0 Å². The summed E-state index contributed by atoms with van der Waals surface area (Å²) in [5, 5.41) is 0. The summed E-state index contributed by atoms with van der Waals surface area (Å²) in [6.07, 6.45) is 5.12. The first-order valence-electron chi connectivity index (χ1n) is 4.25. The zero-order chi connectivity index (χ0) is 8.27. The van der Waals surface area contributed by atoms with Gasteiger partial charge in [0.05, 0.1) is 5.94 Å². The molecular weight excluding hydrogens is 147 g/mol. The second kappa shape index (κ2) is 4.05. The maximum Gasteiger partial charge on any atom is 0.554 e. The van der Waals surface area contributed by atoms with Crippen LogP contribution in [0.3, 0.4) is 0 Å². The molecule has 0 aliphatic heterocycles. The predicted molar refractivity (Wildman–Crippen MR) is 42.5 cm³/mol. The summed E-state index contributed by atoms with van der Waals surface area (Å²) in [5.74, 6) is -0.806. The summed E-state index contributed by atoms with van der Waals surface area (Å²) in [6, 6.07) is 0. The van der Waals surface area contributed by atoms with E-state index >= 15 is 0 Å². The number of nitrogens with two attached hydrogens (primary N) is 1. The molecule has 1 rings (SSSR count). The van der Waals surface area contributed by atoms with Gasteiger partial charge in [0.15, 0.2) is 0 Å². The summed E-state index contributed by atoms with van der Waals surface area (Å²) >= 11 is 0. The molecule has 0 heterocycles. The molecule has 1 aliphatic carbocycles. The highest BCUT2D eigenvalue weighted by molar-refractivity contribution is 6.44. The van der Waals surface area contributed by atoms with Crippen molar-refractivity contribution < 1.29 is 8.63 Å². The maximum atomic E-state index is 12.1. The van der Waals surface area contributed by atoms with Gasteiger partial charge in [0.2, 0.25) is 0 Å². The average Bonchev–Trinajstić information content (AvgIpc) is 2.05. The number of halogens is 2. The van der Waals surface area contributed by atoms with Gasteiger partial charge in [0.1, 0.15) is 0 Å². The van der Waals surface area contributed by atoms with Crippen LogP contribution < -0.4 is 5.73 Å². The fourth-order valence-corrected chi connectivity index (χ4v) is 1.72. The van der Waals surface area contributed by atoms with Gasteiger partial charge in [0.25, 0.3) is 0 Å². The summed E-state index contributed by atoms with van der Waals surface area (Å²) in [7, 11) is -2.34. The molecule has 0 amide bonds. The zero-order valence-corrected chi connectivity index (χ0v) is 6.60. The summed E-state index contributed by atoms with van der Waals surface area (Å²) in [6.45, 7) is 0. The van der Waals surface area contributed by atoms with Crippen LogP contribution in [0.5, 0.6) is 0 Å². The Labute approximate surface area is 66.5 Å². The molecule has 0 saturated heterocycles. The fraction of sp³-hybridized carbons (Fsp3) is 1.00. The molecule has 0 aromatic carbocycles. The molecule has 0 aromatic heterocycles. The lowest BCUT2D eigenvalue weighted by atomic mass is 9.71. The molecule has 1 saturated carbocycles. The monoisotopic (exact) mass is 161 g/mol. The van der Waals surface area contributed by atoms with Gasteiger partial charge >= 0.3 is 7.27 Å². The van der Waals surface area contributed by atoms with Crippen molar-refractivity contribution in [2.75, 3.05) is 0 Å². The van der Waals surface area contributed by atoms with E-state index in [2.05, 4.69) is 0 Å². The van der Waals surface area contributed by atoms with E-state index in [1.54, 1.807) is 0 Å². The van der Waals surface area contributed by atoms with Crippen molar-refractivity contribution in [1.82, 2.24) is 0 Å². The standard InChI is InChI=1S/C7H14BF2N/c9-8(10)7(11)6-4-2-1-3-5-6/h6-7H,1-5,11H2. The van der Waals surface area contributed by atoms with Crippen molar-refractivity contribution >= 4 is 7.27 Å². The Hall–Kier alpha value is -0.115. The van der Waals surface area contributed by atoms with Crippen molar-refractivity contribution in [1.29, 1.82) is 0 Å². The molecule has 1 nitrogen and oxygen atoms in total. The van der Waals surface area contributed by atoms with Crippen LogP contribution in [-0.2, 0) is 0 Å². The summed E-state index contributed by atoms with van der Waals surface area (Å²) < 4.78 is 24.2. The van der Waals surface area contributed by atoms with Crippen LogP contribution in [0, 0.1) is 5.92 Å². The Morgan fingerprint density at radius 1 is 1.18 bits per heavy atom. The van der Waals surface area contributed by atoms with Crippen molar-refractivity contribution in [3.63, 3.8) is 0 Å². The lowest BCUT2D eigenvalue weighted by Gasteiger charge is -2.25. The Morgan fingerprint density at radius 3 is 2.18 bits per heavy atom. The van der Waals surface area contributed by atoms with E-state index in [4.69, 9.17) is 5.73 Å². The van der Waals surface area contributed by atoms with Crippen molar-refractivity contribution in [3.8, 4) is 0 Å². The highest BCUT2D eigenvalue weighted by atomic mass is 19.2. The first kappa shape index (κ1) is 8.98. The van der Waals surface area contributed by atoms with Gasteiger partial charge in [-0.05, 0) is 18.8 Å². The maximum absolute atomic E-state index is 12.1. The van der Waals surface area contributed by atoms with Crippen molar-refractivity contribution in [2.24, 2.45) is 11.7 Å². The quantitative estimate of drug-likeness (QED) is 0.614. The van der Waals surface area contributed by atoms with Crippen LogP contribution in [-0.4, -0.2) is 13.2 Å². The molecule has 4 heteroatoms. The van der Waals surface area contributed by atoms with Crippen LogP contribution in [0.15, 0.2) is 0 Å². The molecule has 0 radical (unpaired) electrons. The van der Waals surface area contributed by atoms with Crippen LogP contribution >= 0.6 is 0 Å². The fourth-order valence-electron chi connectivity index (χ4n) is 1.72. The third-order valence-electron chi connectivity index (χ3n) is 2.49. The normalized spacial score (nSPS) is 23.2. The highest BCUT2D eigenvalue weighted by Gasteiger charge is 2.31. The van der Waals surface area contributed by atoms with Gasteiger partial charge in [-0.25, -0.2) is 0 Å². The Bertz CT molecular complexity index is 115. The lowest BCUT2D eigenvalue weighted by Crippen LogP contribution is -2.40. The molecule has 1 unspecified atom stereocenters. The summed E-state index contributed by atoms with van der Waals surface area (Å²) in [5.41, 5.74) is 5.34. The third-order valence-corrected chi connectivity index (χ3v) is 2.49. The van der Waals surface area contributed by atoms with Gasteiger partial charge in [-0.1, -0.05) is 19.3 Å². The lowest BCUT2D eigenvalue weighted by molar-refractivity contribution is 0.330. The number of hydrogen-bond donors (Lipinski definition) is 1. The molecule has 2 N–H and O–H groups in total. The van der Waals surface area contributed by atoms with Crippen LogP contribution in [0.25, 0.3) is 0 Å². The first-order chi connectivity index (χ1) is 5.22. The third kappa shape index (κ3) is 2.44. The van der Waals surface area contributed by atoms with Crippen LogP contribution in [0.1, 0.15) is 32.1 Å². The second-order valence-corrected chi connectivity index (χ2v) is 3.31. The van der Waals surface area contributed by atoms with Crippen LogP contribution in [0.2, 0.25) is 0 Å². The topological polar surface area (TPSA) is 26.0 Å². The average molecular weight is 161 g/mol. The minimum absolute atomic E-state index is 0.0729. The minimum atomic E-state index is -2.34. The molecule has 0 bridgehead atoms. The molecule has 64 valence electrons. The van der Waals surface area contributed by atoms with E-state index < -0.39 is 13.2 Å². The van der Waals surface area contributed by atoms with Crippen molar-refractivity contribution in [2.45, 2.75) is 38.0 Å². The molecule has 0 spiro atoms. The second-order valence-electron chi connectivity index (χ2n) is 3.31.